The molecule has 0 saturated carbocycles. The van der Waals surface area contributed by atoms with E-state index in [1.165, 1.54) is 36.7 Å². The summed E-state index contributed by atoms with van der Waals surface area (Å²) < 4.78 is 78.0. The second-order valence-corrected chi connectivity index (χ2v) is 6.14. The first-order chi connectivity index (χ1) is 13.6. The summed E-state index contributed by atoms with van der Waals surface area (Å²) in [7, 11) is 0. The Labute approximate surface area is 159 Å². The third-order valence-corrected chi connectivity index (χ3v) is 4.20. The standard InChI is InChI=1S/C19H10F6N4/c20-18(21,22)11-4-6-13-15(8-11)29-17(28-13)14-5-3-10(9-27-14)16-12(19(23,24)25)2-1-7-26-16/h1-9H,(H,28,29). The first-order valence-corrected chi connectivity index (χ1v) is 8.19. The Morgan fingerprint density at radius 3 is 2.28 bits per heavy atom. The normalized spacial score (nSPS) is 12.5. The second kappa shape index (κ2) is 6.57. The lowest BCUT2D eigenvalue weighted by atomic mass is 10.1. The van der Waals surface area contributed by atoms with Crippen LogP contribution < -0.4 is 0 Å². The molecule has 0 fully saturated rings. The number of imidazole rings is 1. The Morgan fingerprint density at radius 2 is 1.62 bits per heavy atom. The number of halogens is 6. The first kappa shape index (κ1) is 18.9. The molecule has 10 heteroatoms. The van der Waals surface area contributed by atoms with Gasteiger partial charge in [0.15, 0.2) is 5.82 Å². The second-order valence-electron chi connectivity index (χ2n) is 6.14. The van der Waals surface area contributed by atoms with E-state index in [2.05, 4.69) is 19.9 Å². The minimum absolute atomic E-state index is 0.150. The van der Waals surface area contributed by atoms with Crippen molar-refractivity contribution < 1.29 is 26.3 Å². The van der Waals surface area contributed by atoms with Crippen molar-refractivity contribution in [2.75, 3.05) is 0 Å². The third kappa shape index (κ3) is 3.65. The Bertz CT molecular complexity index is 1180. The highest BCUT2D eigenvalue weighted by Gasteiger charge is 2.34. The van der Waals surface area contributed by atoms with Gasteiger partial charge in [-0.25, -0.2) is 4.98 Å². The minimum Gasteiger partial charge on any atom is -0.337 e. The molecule has 29 heavy (non-hydrogen) atoms. The smallest absolute Gasteiger partial charge is 0.337 e. The Morgan fingerprint density at radius 1 is 0.828 bits per heavy atom. The number of aromatic nitrogens is 4. The van der Waals surface area contributed by atoms with Crippen LogP contribution in [0.1, 0.15) is 11.1 Å². The molecule has 1 aromatic carbocycles. The summed E-state index contributed by atoms with van der Waals surface area (Å²) in [5.74, 6) is 0.197. The number of hydrogen-bond donors (Lipinski definition) is 1. The van der Waals surface area contributed by atoms with Crippen molar-refractivity contribution in [2.45, 2.75) is 12.4 Å². The Balaban J connectivity index is 1.70. The molecular weight excluding hydrogens is 398 g/mol. The molecule has 0 atom stereocenters. The summed E-state index contributed by atoms with van der Waals surface area (Å²) >= 11 is 0. The first-order valence-electron chi connectivity index (χ1n) is 8.19. The average molecular weight is 408 g/mol. The van der Waals surface area contributed by atoms with Gasteiger partial charge in [-0.05, 0) is 42.5 Å². The number of nitrogens with zero attached hydrogens (tertiary/aromatic N) is 3. The maximum atomic E-state index is 13.2. The van der Waals surface area contributed by atoms with Gasteiger partial charge < -0.3 is 4.98 Å². The van der Waals surface area contributed by atoms with Gasteiger partial charge in [-0.1, -0.05) is 0 Å². The number of nitrogens with one attached hydrogen (secondary N) is 1. The molecule has 3 aromatic heterocycles. The van der Waals surface area contributed by atoms with E-state index in [1.54, 1.807) is 0 Å². The van der Waals surface area contributed by atoms with Gasteiger partial charge in [0.25, 0.3) is 0 Å². The van der Waals surface area contributed by atoms with E-state index in [4.69, 9.17) is 0 Å². The number of benzene rings is 1. The maximum absolute atomic E-state index is 13.2. The molecule has 4 nitrogen and oxygen atoms in total. The van der Waals surface area contributed by atoms with Crippen molar-refractivity contribution in [3.05, 3.63) is 66.0 Å². The van der Waals surface area contributed by atoms with Crippen molar-refractivity contribution in [1.82, 2.24) is 19.9 Å². The number of pyridine rings is 2. The highest BCUT2D eigenvalue weighted by Crippen LogP contribution is 2.36. The molecule has 4 rings (SSSR count). The monoisotopic (exact) mass is 408 g/mol. The lowest BCUT2D eigenvalue weighted by molar-refractivity contribution is -0.138. The molecule has 0 spiro atoms. The van der Waals surface area contributed by atoms with Gasteiger partial charge in [-0.2, -0.15) is 26.3 Å². The molecule has 148 valence electrons. The minimum atomic E-state index is -4.57. The van der Waals surface area contributed by atoms with E-state index < -0.39 is 23.5 Å². The molecule has 0 saturated heterocycles. The fourth-order valence-corrected chi connectivity index (χ4v) is 2.85. The van der Waals surface area contributed by atoms with Crippen molar-refractivity contribution >= 4 is 11.0 Å². The molecular formula is C19H10F6N4. The van der Waals surface area contributed by atoms with Crippen LogP contribution in [0.15, 0.2) is 54.9 Å². The van der Waals surface area contributed by atoms with Crippen molar-refractivity contribution in [2.24, 2.45) is 0 Å². The van der Waals surface area contributed by atoms with Crippen LogP contribution in [-0.2, 0) is 12.4 Å². The molecule has 0 unspecified atom stereocenters. The highest BCUT2D eigenvalue weighted by atomic mass is 19.4. The molecule has 4 aromatic rings. The van der Waals surface area contributed by atoms with Gasteiger partial charge in [-0.15, -0.1) is 0 Å². The number of H-pyrrole nitrogens is 1. The quantitative estimate of drug-likeness (QED) is 0.432. The highest BCUT2D eigenvalue weighted by molar-refractivity contribution is 5.79. The fourth-order valence-electron chi connectivity index (χ4n) is 2.85. The largest absolute Gasteiger partial charge is 0.418 e. The zero-order valence-corrected chi connectivity index (χ0v) is 14.3. The number of fused-ring (bicyclic) bond motifs is 1. The van der Waals surface area contributed by atoms with E-state index in [0.29, 0.717) is 5.52 Å². The van der Waals surface area contributed by atoms with Crippen molar-refractivity contribution in [3.63, 3.8) is 0 Å². The number of hydrogen-bond acceptors (Lipinski definition) is 3. The average Bonchev–Trinajstić information content (AvgIpc) is 3.10. The van der Waals surface area contributed by atoms with Crippen LogP contribution in [0.25, 0.3) is 33.8 Å². The number of rotatable bonds is 2. The van der Waals surface area contributed by atoms with Crippen LogP contribution in [-0.4, -0.2) is 19.9 Å². The summed E-state index contributed by atoms with van der Waals surface area (Å²) in [6.45, 7) is 0. The summed E-state index contributed by atoms with van der Waals surface area (Å²) in [5.41, 5.74) is -1.08. The summed E-state index contributed by atoms with van der Waals surface area (Å²) in [6.07, 6.45) is -6.60. The molecule has 0 aliphatic heterocycles. The molecule has 0 aliphatic rings. The maximum Gasteiger partial charge on any atom is 0.418 e. The number of aromatic amines is 1. The van der Waals surface area contributed by atoms with E-state index in [9.17, 15) is 26.3 Å². The number of alkyl halides is 6. The van der Waals surface area contributed by atoms with Crippen LogP contribution in [0.2, 0.25) is 0 Å². The third-order valence-electron chi connectivity index (χ3n) is 4.20. The van der Waals surface area contributed by atoms with Crippen LogP contribution >= 0.6 is 0 Å². The van der Waals surface area contributed by atoms with Crippen LogP contribution in [0.4, 0.5) is 26.3 Å². The molecule has 0 aliphatic carbocycles. The van der Waals surface area contributed by atoms with Gasteiger partial charge in [0.05, 0.1) is 27.9 Å². The van der Waals surface area contributed by atoms with Gasteiger partial charge in [0.2, 0.25) is 0 Å². The van der Waals surface area contributed by atoms with Crippen molar-refractivity contribution in [1.29, 1.82) is 0 Å². The Hall–Kier alpha value is -3.43. The topological polar surface area (TPSA) is 54.5 Å². The van der Waals surface area contributed by atoms with Gasteiger partial charge in [0, 0.05) is 18.0 Å². The van der Waals surface area contributed by atoms with Gasteiger partial charge >= 0.3 is 12.4 Å². The van der Waals surface area contributed by atoms with E-state index in [-0.39, 0.29) is 28.3 Å². The van der Waals surface area contributed by atoms with Crippen LogP contribution in [0.5, 0.6) is 0 Å². The van der Waals surface area contributed by atoms with Crippen LogP contribution in [0.3, 0.4) is 0 Å². The zero-order chi connectivity index (χ0) is 20.8. The van der Waals surface area contributed by atoms with E-state index in [1.807, 2.05) is 0 Å². The van der Waals surface area contributed by atoms with Gasteiger partial charge in [0.1, 0.15) is 5.69 Å². The molecule has 3 heterocycles. The summed E-state index contributed by atoms with van der Waals surface area (Å²) in [5, 5.41) is 0. The molecule has 0 bridgehead atoms. The summed E-state index contributed by atoms with van der Waals surface area (Å²) in [4.78, 5) is 14.8. The predicted molar refractivity (Wildman–Crippen MR) is 92.6 cm³/mol. The zero-order valence-electron chi connectivity index (χ0n) is 14.3. The summed E-state index contributed by atoms with van der Waals surface area (Å²) in [6, 6.07) is 8.02. The van der Waals surface area contributed by atoms with Crippen molar-refractivity contribution in [3.8, 4) is 22.8 Å². The van der Waals surface area contributed by atoms with Gasteiger partial charge in [-0.3, -0.25) is 9.97 Å². The van der Waals surface area contributed by atoms with E-state index >= 15 is 0 Å². The molecule has 0 amide bonds. The van der Waals surface area contributed by atoms with E-state index in [0.717, 1.165) is 18.2 Å². The predicted octanol–water partition coefficient (Wildman–Crippen LogP) is 5.72. The Kier molecular flexibility index (Phi) is 4.29. The SMILES string of the molecule is FC(F)(F)c1ccc2nc(-c3ccc(-c4ncccc4C(F)(F)F)cn3)[nH]c2c1. The van der Waals surface area contributed by atoms with Crippen LogP contribution in [0, 0.1) is 0 Å². The molecule has 0 radical (unpaired) electrons. The molecule has 1 N–H and O–H groups in total. The fraction of sp³-hybridized carbons (Fsp3) is 0.105. The lowest BCUT2D eigenvalue weighted by Crippen LogP contribution is -2.08. The lowest BCUT2D eigenvalue weighted by Gasteiger charge is -2.11.